The molecule has 0 fully saturated rings. The Hall–Kier alpha value is -2.69. The van der Waals surface area contributed by atoms with Crippen molar-refractivity contribution in [3.05, 3.63) is 53.1 Å². The SMILES string of the molecule is O=C1O[C@H](CCc2ccc(O)cc2)Cc2cc(O)cc(O)c21. The van der Waals surface area contributed by atoms with Crippen LogP contribution in [0.15, 0.2) is 36.4 Å². The topological polar surface area (TPSA) is 87.0 Å². The lowest BCUT2D eigenvalue weighted by Gasteiger charge is -2.25. The van der Waals surface area contributed by atoms with Crippen LogP contribution in [0.1, 0.15) is 27.9 Å². The number of rotatable bonds is 3. The van der Waals surface area contributed by atoms with Crippen molar-refractivity contribution in [1.29, 1.82) is 0 Å². The number of ether oxygens (including phenoxy) is 1. The molecule has 5 heteroatoms. The highest BCUT2D eigenvalue weighted by atomic mass is 16.5. The van der Waals surface area contributed by atoms with Crippen LogP contribution in [0.4, 0.5) is 0 Å². The Morgan fingerprint density at radius 1 is 1.05 bits per heavy atom. The molecule has 1 aliphatic heterocycles. The summed E-state index contributed by atoms with van der Waals surface area (Å²) in [6.07, 6.45) is 1.50. The number of aromatic hydroxyl groups is 3. The highest BCUT2D eigenvalue weighted by molar-refractivity contribution is 5.95. The minimum atomic E-state index is -0.561. The second kappa shape index (κ2) is 5.60. The molecule has 2 aromatic carbocycles. The Kier molecular flexibility index (Phi) is 3.63. The van der Waals surface area contributed by atoms with Gasteiger partial charge in [-0.25, -0.2) is 4.79 Å². The summed E-state index contributed by atoms with van der Waals surface area (Å²) in [5.74, 6) is -0.664. The average molecular weight is 300 g/mol. The van der Waals surface area contributed by atoms with E-state index in [0.29, 0.717) is 24.8 Å². The van der Waals surface area contributed by atoms with Gasteiger partial charge in [0.25, 0.3) is 0 Å². The van der Waals surface area contributed by atoms with Gasteiger partial charge in [0.1, 0.15) is 28.9 Å². The first-order valence-electron chi connectivity index (χ1n) is 7.06. The molecule has 0 amide bonds. The van der Waals surface area contributed by atoms with Crippen molar-refractivity contribution in [1.82, 2.24) is 0 Å². The van der Waals surface area contributed by atoms with E-state index in [0.717, 1.165) is 11.6 Å². The molecule has 0 aliphatic carbocycles. The molecule has 5 nitrogen and oxygen atoms in total. The zero-order valence-corrected chi connectivity index (χ0v) is 11.8. The molecule has 0 unspecified atom stereocenters. The van der Waals surface area contributed by atoms with Crippen molar-refractivity contribution in [3.63, 3.8) is 0 Å². The molecule has 2 aromatic rings. The third-order valence-electron chi connectivity index (χ3n) is 3.80. The summed E-state index contributed by atoms with van der Waals surface area (Å²) in [4.78, 5) is 12.0. The molecule has 114 valence electrons. The van der Waals surface area contributed by atoms with Crippen LogP contribution in [-0.4, -0.2) is 27.4 Å². The van der Waals surface area contributed by atoms with E-state index >= 15 is 0 Å². The van der Waals surface area contributed by atoms with Gasteiger partial charge in [0.05, 0.1) is 0 Å². The number of benzene rings is 2. The monoisotopic (exact) mass is 300 g/mol. The van der Waals surface area contributed by atoms with Crippen LogP contribution in [0.5, 0.6) is 17.2 Å². The number of hydrogen-bond donors (Lipinski definition) is 3. The predicted octanol–water partition coefficient (Wildman–Crippen LogP) is 2.52. The molecule has 0 aromatic heterocycles. The molecule has 0 radical (unpaired) electrons. The smallest absolute Gasteiger partial charge is 0.342 e. The second-order valence-electron chi connectivity index (χ2n) is 5.44. The minimum Gasteiger partial charge on any atom is -0.508 e. The summed E-state index contributed by atoms with van der Waals surface area (Å²) in [5, 5.41) is 28.5. The molecule has 0 saturated heterocycles. The van der Waals surface area contributed by atoms with E-state index < -0.39 is 5.97 Å². The second-order valence-corrected chi connectivity index (χ2v) is 5.44. The first-order valence-corrected chi connectivity index (χ1v) is 7.06. The number of carbonyl (C=O) groups excluding carboxylic acids is 1. The fraction of sp³-hybridized carbons (Fsp3) is 0.235. The van der Waals surface area contributed by atoms with Gasteiger partial charge in [-0.05, 0) is 42.2 Å². The van der Waals surface area contributed by atoms with E-state index in [1.54, 1.807) is 12.1 Å². The molecule has 1 aliphatic rings. The van der Waals surface area contributed by atoms with Crippen molar-refractivity contribution in [2.75, 3.05) is 0 Å². The molecule has 0 saturated carbocycles. The van der Waals surface area contributed by atoms with E-state index in [-0.39, 0.29) is 28.9 Å². The van der Waals surface area contributed by atoms with Gasteiger partial charge in [0, 0.05) is 12.5 Å². The van der Waals surface area contributed by atoms with Gasteiger partial charge in [-0.1, -0.05) is 12.1 Å². The van der Waals surface area contributed by atoms with Crippen LogP contribution in [0, 0.1) is 0 Å². The van der Waals surface area contributed by atoms with Gasteiger partial charge in [-0.15, -0.1) is 0 Å². The van der Waals surface area contributed by atoms with Crippen molar-refractivity contribution in [3.8, 4) is 17.2 Å². The van der Waals surface area contributed by atoms with Crippen molar-refractivity contribution in [2.45, 2.75) is 25.4 Å². The van der Waals surface area contributed by atoms with Gasteiger partial charge in [-0.2, -0.15) is 0 Å². The van der Waals surface area contributed by atoms with E-state index in [4.69, 9.17) is 4.74 Å². The number of phenolic OH excluding ortho intramolecular Hbond substituents is 3. The maximum absolute atomic E-state index is 12.0. The molecule has 0 bridgehead atoms. The van der Waals surface area contributed by atoms with Crippen LogP contribution in [0.25, 0.3) is 0 Å². The lowest BCUT2D eigenvalue weighted by molar-refractivity contribution is 0.0234. The van der Waals surface area contributed by atoms with Crippen LogP contribution in [-0.2, 0) is 17.6 Å². The van der Waals surface area contributed by atoms with Gasteiger partial charge >= 0.3 is 5.97 Å². The molecule has 22 heavy (non-hydrogen) atoms. The highest BCUT2D eigenvalue weighted by Crippen LogP contribution is 2.33. The van der Waals surface area contributed by atoms with Crippen molar-refractivity contribution in [2.24, 2.45) is 0 Å². The average Bonchev–Trinajstić information content (AvgIpc) is 2.45. The Labute approximate surface area is 127 Å². The molecular formula is C17H16O5. The van der Waals surface area contributed by atoms with E-state index in [1.807, 2.05) is 12.1 Å². The maximum Gasteiger partial charge on any atom is 0.342 e. The number of esters is 1. The Morgan fingerprint density at radius 3 is 2.50 bits per heavy atom. The van der Waals surface area contributed by atoms with E-state index in [9.17, 15) is 20.1 Å². The van der Waals surface area contributed by atoms with E-state index in [2.05, 4.69) is 0 Å². The molecule has 1 atom stereocenters. The maximum atomic E-state index is 12.0. The molecular weight excluding hydrogens is 284 g/mol. The zero-order chi connectivity index (χ0) is 15.7. The summed E-state index contributed by atoms with van der Waals surface area (Å²) < 4.78 is 5.35. The first-order chi connectivity index (χ1) is 10.5. The van der Waals surface area contributed by atoms with Gasteiger partial charge in [0.15, 0.2) is 0 Å². The van der Waals surface area contributed by atoms with Crippen LogP contribution >= 0.6 is 0 Å². The highest BCUT2D eigenvalue weighted by Gasteiger charge is 2.29. The lowest BCUT2D eigenvalue weighted by atomic mass is 9.94. The standard InChI is InChI=1S/C17H16O5/c18-12-4-1-10(2-5-12)3-6-14-8-11-7-13(19)9-15(20)16(11)17(21)22-14/h1-2,4-5,7,9,14,18-20H,3,6,8H2/t14-/m1/s1. The number of fused-ring (bicyclic) bond motifs is 1. The third kappa shape index (κ3) is 2.83. The Morgan fingerprint density at radius 2 is 1.77 bits per heavy atom. The van der Waals surface area contributed by atoms with Crippen LogP contribution < -0.4 is 0 Å². The van der Waals surface area contributed by atoms with E-state index in [1.165, 1.54) is 6.07 Å². The summed E-state index contributed by atoms with van der Waals surface area (Å²) >= 11 is 0. The predicted molar refractivity (Wildman–Crippen MR) is 79.1 cm³/mol. The quantitative estimate of drug-likeness (QED) is 0.758. The van der Waals surface area contributed by atoms with Crippen molar-refractivity contribution < 1.29 is 24.9 Å². The summed E-state index contributed by atoms with van der Waals surface area (Å²) in [5.41, 5.74) is 1.78. The van der Waals surface area contributed by atoms with Crippen LogP contribution in [0.3, 0.4) is 0 Å². The number of cyclic esters (lactones) is 1. The zero-order valence-electron chi connectivity index (χ0n) is 11.8. The molecule has 3 rings (SSSR count). The summed E-state index contributed by atoms with van der Waals surface area (Å²) in [7, 11) is 0. The minimum absolute atomic E-state index is 0.0664. The summed E-state index contributed by atoms with van der Waals surface area (Å²) in [6, 6.07) is 9.51. The number of hydrogen-bond acceptors (Lipinski definition) is 5. The fourth-order valence-electron chi connectivity index (χ4n) is 2.71. The van der Waals surface area contributed by atoms with Gasteiger partial charge < -0.3 is 20.1 Å². The molecule has 0 spiro atoms. The van der Waals surface area contributed by atoms with Gasteiger partial charge in [-0.3, -0.25) is 0 Å². The lowest BCUT2D eigenvalue weighted by Crippen LogP contribution is -2.28. The largest absolute Gasteiger partial charge is 0.508 e. The fourth-order valence-corrected chi connectivity index (χ4v) is 2.71. The Balaban J connectivity index is 1.72. The van der Waals surface area contributed by atoms with Crippen LogP contribution in [0.2, 0.25) is 0 Å². The number of phenols is 3. The Bertz CT molecular complexity index is 706. The summed E-state index contributed by atoms with van der Waals surface area (Å²) in [6.45, 7) is 0. The third-order valence-corrected chi connectivity index (χ3v) is 3.80. The number of carbonyl (C=O) groups is 1. The first kappa shape index (κ1) is 14.3. The number of aryl methyl sites for hydroxylation is 1. The van der Waals surface area contributed by atoms with Crippen molar-refractivity contribution >= 4 is 5.97 Å². The normalized spacial score (nSPS) is 16.9. The molecule has 3 N–H and O–H groups in total. The van der Waals surface area contributed by atoms with Gasteiger partial charge in [0.2, 0.25) is 0 Å². The molecule has 1 heterocycles.